The molecule has 0 spiro atoms. The standard InChI is InChI=1S/C7H8NO6P/c9-7-2-1-6(8(10)11)3-5(7)4-15(12,13)14/h1-3,9H,4H2,(H2,12,13,14). The van der Waals surface area contributed by atoms with E-state index in [9.17, 15) is 19.8 Å². The molecule has 1 aromatic carbocycles. The van der Waals surface area contributed by atoms with Gasteiger partial charge in [-0.3, -0.25) is 14.7 Å². The highest BCUT2D eigenvalue weighted by Gasteiger charge is 2.19. The Balaban J connectivity index is 3.11. The summed E-state index contributed by atoms with van der Waals surface area (Å²) in [7, 11) is -4.35. The SMILES string of the molecule is O=[N+]([O-])c1ccc(O)c(CP(=O)(O)O)c1. The maximum atomic E-state index is 10.6. The molecule has 3 N–H and O–H groups in total. The molecule has 0 radical (unpaired) electrons. The van der Waals surface area contributed by atoms with Gasteiger partial charge in [0.05, 0.1) is 11.1 Å². The lowest BCUT2D eigenvalue weighted by Gasteiger charge is -2.05. The highest BCUT2D eigenvalue weighted by Crippen LogP contribution is 2.42. The van der Waals surface area contributed by atoms with Crippen molar-refractivity contribution in [3.05, 3.63) is 33.9 Å². The molecule has 0 bridgehead atoms. The van der Waals surface area contributed by atoms with Gasteiger partial charge in [0.1, 0.15) is 5.75 Å². The number of benzene rings is 1. The summed E-state index contributed by atoms with van der Waals surface area (Å²) in [5.74, 6) is -0.371. The molecule has 0 aliphatic carbocycles. The van der Waals surface area contributed by atoms with Crippen molar-refractivity contribution in [2.75, 3.05) is 0 Å². The third kappa shape index (κ3) is 3.32. The number of non-ortho nitro benzene ring substituents is 1. The first kappa shape index (κ1) is 11.6. The minimum absolute atomic E-state index is 0.141. The van der Waals surface area contributed by atoms with Crippen molar-refractivity contribution in [1.29, 1.82) is 0 Å². The lowest BCUT2D eigenvalue weighted by molar-refractivity contribution is -0.384. The van der Waals surface area contributed by atoms with Crippen LogP contribution in [0.2, 0.25) is 0 Å². The molecule has 1 rings (SSSR count). The zero-order chi connectivity index (χ0) is 11.6. The van der Waals surface area contributed by atoms with E-state index in [0.717, 1.165) is 18.2 Å². The first-order valence-corrected chi connectivity index (χ1v) is 5.60. The van der Waals surface area contributed by atoms with Gasteiger partial charge >= 0.3 is 7.60 Å². The van der Waals surface area contributed by atoms with E-state index in [1.54, 1.807) is 0 Å². The molecule has 0 aliphatic heterocycles. The second-order valence-corrected chi connectivity index (χ2v) is 4.54. The van der Waals surface area contributed by atoms with Crippen LogP contribution in [0.4, 0.5) is 5.69 Å². The van der Waals surface area contributed by atoms with Crippen LogP contribution in [0, 0.1) is 10.1 Å². The van der Waals surface area contributed by atoms with Gasteiger partial charge in [0.25, 0.3) is 5.69 Å². The van der Waals surface area contributed by atoms with E-state index < -0.39 is 18.7 Å². The average molecular weight is 233 g/mol. The molecular weight excluding hydrogens is 225 g/mol. The molecule has 1 aromatic rings. The van der Waals surface area contributed by atoms with Gasteiger partial charge in [-0.05, 0) is 6.07 Å². The Labute approximate surface area is 84.3 Å². The summed E-state index contributed by atoms with van der Waals surface area (Å²) in [6.07, 6.45) is -0.722. The molecule has 0 amide bonds. The number of nitrogens with zero attached hydrogens (tertiary/aromatic N) is 1. The van der Waals surface area contributed by atoms with Crippen LogP contribution >= 0.6 is 7.60 Å². The molecular formula is C7H8NO6P. The number of hydrogen-bond acceptors (Lipinski definition) is 4. The number of hydrogen-bond donors (Lipinski definition) is 3. The first-order chi connectivity index (χ1) is 6.79. The Kier molecular flexibility index (Phi) is 3.09. The molecule has 8 heteroatoms. The summed E-state index contributed by atoms with van der Waals surface area (Å²) in [6.45, 7) is 0. The minimum Gasteiger partial charge on any atom is -0.508 e. The normalized spacial score (nSPS) is 11.3. The van der Waals surface area contributed by atoms with Crippen molar-refractivity contribution in [1.82, 2.24) is 0 Å². The maximum absolute atomic E-state index is 10.6. The number of rotatable bonds is 3. The van der Waals surface area contributed by atoms with Crippen LogP contribution in [0.3, 0.4) is 0 Å². The molecule has 0 heterocycles. The van der Waals surface area contributed by atoms with Crippen LogP contribution < -0.4 is 0 Å². The van der Waals surface area contributed by atoms with Crippen molar-refractivity contribution in [2.24, 2.45) is 0 Å². The molecule has 0 saturated carbocycles. The Bertz CT molecular complexity index is 439. The number of aromatic hydroxyl groups is 1. The summed E-state index contributed by atoms with van der Waals surface area (Å²) in [6, 6.07) is 3.02. The topological polar surface area (TPSA) is 121 Å². The Morgan fingerprint density at radius 2 is 2.00 bits per heavy atom. The molecule has 0 saturated heterocycles. The third-order valence-corrected chi connectivity index (χ3v) is 2.40. The number of phenolic OH excluding ortho intramolecular Hbond substituents is 1. The fourth-order valence-electron chi connectivity index (χ4n) is 1.03. The lowest BCUT2D eigenvalue weighted by Crippen LogP contribution is -1.92. The fourth-order valence-corrected chi connectivity index (χ4v) is 1.73. The highest BCUT2D eigenvalue weighted by molar-refractivity contribution is 7.50. The van der Waals surface area contributed by atoms with Gasteiger partial charge < -0.3 is 14.9 Å². The summed E-state index contributed by atoms with van der Waals surface area (Å²) < 4.78 is 10.6. The monoisotopic (exact) mass is 233 g/mol. The quantitative estimate of drug-likeness (QED) is 0.406. The van der Waals surface area contributed by atoms with Gasteiger partial charge in [-0.15, -0.1) is 0 Å². The van der Waals surface area contributed by atoms with Crippen molar-refractivity contribution in [3.8, 4) is 5.75 Å². The minimum atomic E-state index is -4.35. The summed E-state index contributed by atoms with van der Waals surface area (Å²) >= 11 is 0. The molecule has 15 heavy (non-hydrogen) atoms. The molecule has 0 fully saturated rings. The zero-order valence-corrected chi connectivity index (χ0v) is 8.29. The summed E-state index contributed by atoms with van der Waals surface area (Å²) in [5, 5.41) is 19.6. The van der Waals surface area contributed by atoms with E-state index >= 15 is 0 Å². The Morgan fingerprint density at radius 3 is 2.47 bits per heavy atom. The Hall–Kier alpha value is -1.43. The van der Waals surface area contributed by atoms with Gasteiger partial charge in [0.15, 0.2) is 0 Å². The smallest absolute Gasteiger partial charge is 0.330 e. The van der Waals surface area contributed by atoms with E-state index in [0.29, 0.717) is 0 Å². The molecule has 0 atom stereocenters. The highest BCUT2D eigenvalue weighted by atomic mass is 31.2. The molecule has 82 valence electrons. The Morgan fingerprint density at radius 1 is 1.40 bits per heavy atom. The number of phenols is 1. The molecule has 0 aromatic heterocycles. The van der Waals surface area contributed by atoms with Crippen LogP contribution in [-0.4, -0.2) is 19.8 Å². The van der Waals surface area contributed by atoms with Crippen LogP contribution in [0.5, 0.6) is 5.75 Å². The van der Waals surface area contributed by atoms with E-state index in [1.807, 2.05) is 0 Å². The van der Waals surface area contributed by atoms with Crippen LogP contribution in [0.25, 0.3) is 0 Å². The second-order valence-electron chi connectivity index (χ2n) is 2.89. The van der Waals surface area contributed by atoms with Gasteiger partial charge in [-0.1, -0.05) is 0 Å². The number of nitro groups is 1. The first-order valence-electron chi connectivity index (χ1n) is 3.80. The van der Waals surface area contributed by atoms with Crippen molar-refractivity contribution in [3.63, 3.8) is 0 Å². The fraction of sp³-hybridized carbons (Fsp3) is 0.143. The van der Waals surface area contributed by atoms with Gasteiger partial charge in [0, 0.05) is 17.7 Å². The van der Waals surface area contributed by atoms with E-state index in [1.165, 1.54) is 0 Å². The lowest BCUT2D eigenvalue weighted by atomic mass is 10.2. The summed E-state index contributed by atoms with van der Waals surface area (Å²) in [4.78, 5) is 27.0. The van der Waals surface area contributed by atoms with Crippen molar-refractivity contribution < 1.29 is 24.4 Å². The van der Waals surface area contributed by atoms with Crippen molar-refractivity contribution >= 4 is 13.3 Å². The van der Waals surface area contributed by atoms with Gasteiger partial charge in [0.2, 0.25) is 0 Å². The molecule has 0 unspecified atom stereocenters. The predicted octanol–water partition coefficient (Wildman–Crippen LogP) is 0.978. The number of nitro benzene ring substituents is 1. The largest absolute Gasteiger partial charge is 0.508 e. The zero-order valence-electron chi connectivity index (χ0n) is 7.40. The third-order valence-electron chi connectivity index (χ3n) is 1.65. The van der Waals surface area contributed by atoms with Crippen LogP contribution in [-0.2, 0) is 10.7 Å². The summed E-state index contributed by atoms with van der Waals surface area (Å²) in [5.41, 5.74) is -0.464. The predicted molar refractivity (Wildman–Crippen MR) is 50.5 cm³/mol. The van der Waals surface area contributed by atoms with Gasteiger partial charge in [-0.25, -0.2) is 0 Å². The van der Waals surface area contributed by atoms with Crippen molar-refractivity contribution in [2.45, 2.75) is 6.16 Å². The van der Waals surface area contributed by atoms with E-state index in [-0.39, 0.29) is 17.0 Å². The van der Waals surface area contributed by atoms with Crippen LogP contribution in [0.1, 0.15) is 5.56 Å². The van der Waals surface area contributed by atoms with Crippen LogP contribution in [0.15, 0.2) is 18.2 Å². The van der Waals surface area contributed by atoms with Gasteiger partial charge in [-0.2, -0.15) is 0 Å². The molecule has 0 aliphatic rings. The molecule has 7 nitrogen and oxygen atoms in total. The van der Waals surface area contributed by atoms with E-state index in [4.69, 9.17) is 9.79 Å². The van der Waals surface area contributed by atoms with E-state index in [2.05, 4.69) is 0 Å². The second kappa shape index (κ2) is 3.98. The average Bonchev–Trinajstić information content (AvgIpc) is 2.06. The maximum Gasteiger partial charge on any atom is 0.330 e.